The summed E-state index contributed by atoms with van der Waals surface area (Å²) in [4.78, 5) is 0. The molecule has 0 N–H and O–H groups in total. The molecule has 0 bridgehead atoms. The summed E-state index contributed by atoms with van der Waals surface area (Å²) in [6.07, 6.45) is 4.58. The van der Waals surface area contributed by atoms with Gasteiger partial charge in [-0.3, -0.25) is 0 Å². The number of rotatable bonds is 5. The van der Waals surface area contributed by atoms with Crippen molar-refractivity contribution in [2.75, 3.05) is 0 Å². The molecule has 6 rings (SSSR count). The molecule has 0 saturated heterocycles. The molecular weight excluding hydrogens is 798 g/mol. The van der Waals surface area contributed by atoms with E-state index >= 15 is 0 Å². The molecule has 4 aromatic rings. The zero-order chi connectivity index (χ0) is 36.4. The Bertz CT molecular complexity index is 2090. The van der Waals surface area contributed by atoms with Gasteiger partial charge in [0, 0.05) is 0 Å². The quantitative estimate of drug-likeness (QED) is 0.165. The van der Waals surface area contributed by atoms with Crippen LogP contribution in [0.2, 0.25) is 10.0 Å². The van der Waals surface area contributed by atoms with Crippen molar-refractivity contribution >= 4 is 58.7 Å². The molecular formula is C47H56Cl4Zr. The Morgan fingerprint density at radius 3 is 1.65 bits per heavy atom. The summed E-state index contributed by atoms with van der Waals surface area (Å²) in [6, 6.07) is 29.3. The van der Waals surface area contributed by atoms with Gasteiger partial charge in [-0.15, -0.1) is 24.8 Å². The van der Waals surface area contributed by atoms with Crippen molar-refractivity contribution in [3.63, 3.8) is 0 Å². The zero-order valence-corrected chi connectivity index (χ0v) is 38.4. The third-order valence-corrected chi connectivity index (χ3v) is 22.7. The van der Waals surface area contributed by atoms with E-state index in [1.807, 2.05) is 0 Å². The van der Waals surface area contributed by atoms with E-state index in [1.54, 1.807) is 12.1 Å². The molecule has 1 unspecified atom stereocenters. The van der Waals surface area contributed by atoms with Gasteiger partial charge in [-0.25, -0.2) is 0 Å². The molecule has 52 heavy (non-hydrogen) atoms. The fraction of sp³-hybridized carbons (Fsp3) is 0.362. The van der Waals surface area contributed by atoms with Crippen LogP contribution in [0.1, 0.15) is 116 Å². The number of allylic oxidation sites excluding steroid dienone is 4. The van der Waals surface area contributed by atoms with Gasteiger partial charge >= 0.3 is 318 Å². The molecule has 0 nitrogen and oxygen atoms in total. The fourth-order valence-electron chi connectivity index (χ4n) is 8.52. The molecule has 0 heterocycles. The first kappa shape index (κ1) is 42.9. The Morgan fingerprint density at radius 2 is 1.19 bits per heavy atom. The first-order valence-electron chi connectivity index (χ1n) is 18.3. The summed E-state index contributed by atoms with van der Waals surface area (Å²) >= 11 is 8.93. The van der Waals surface area contributed by atoms with Crippen LogP contribution in [0.15, 0.2) is 99.4 Å². The Balaban J connectivity index is 0.00000302. The SMILES string of the molecule is CCC1=[C]([Zr](=[CH]c2ccc(Cl)cc2)(=[CH]c2ccc(Cl)cc2)[c]2c(C(C)(C)C)ccc3c2Cc2cc(C(C)(C)C)ccc2-3)C(C)C=C1C(C)(C)C.Cl.Cl. The van der Waals surface area contributed by atoms with Crippen molar-refractivity contribution in [1.29, 1.82) is 0 Å². The average molecular weight is 854 g/mol. The molecule has 5 heteroatoms. The van der Waals surface area contributed by atoms with Gasteiger partial charge in [0.25, 0.3) is 0 Å². The minimum absolute atomic E-state index is 0. The van der Waals surface area contributed by atoms with Crippen LogP contribution in [0.3, 0.4) is 0 Å². The summed E-state index contributed by atoms with van der Waals surface area (Å²) in [5.41, 5.74) is 14.3. The molecule has 1 atom stereocenters. The van der Waals surface area contributed by atoms with Gasteiger partial charge < -0.3 is 0 Å². The maximum absolute atomic E-state index is 6.53. The summed E-state index contributed by atoms with van der Waals surface area (Å²) < 4.78 is 8.82. The van der Waals surface area contributed by atoms with Crippen LogP contribution < -0.4 is 3.27 Å². The summed E-state index contributed by atoms with van der Waals surface area (Å²) in [5, 5.41) is 1.54. The molecule has 0 aromatic heterocycles. The number of benzene rings is 4. The van der Waals surface area contributed by atoms with Crippen molar-refractivity contribution in [2.24, 2.45) is 11.3 Å². The monoisotopic (exact) mass is 850 g/mol. The van der Waals surface area contributed by atoms with E-state index in [4.69, 9.17) is 23.2 Å². The van der Waals surface area contributed by atoms with Crippen molar-refractivity contribution < 1.29 is 19.3 Å². The minimum atomic E-state index is -4.13. The van der Waals surface area contributed by atoms with Crippen LogP contribution in [-0.2, 0) is 36.5 Å². The predicted molar refractivity (Wildman–Crippen MR) is 233 cm³/mol. The Kier molecular flexibility index (Phi) is 13.0. The molecule has 0 fully saturated rings. The Morgan fingerprint density at radius 1 is 0.673 bits per heavy atom. The van der Waals surface area contributed by atoms with Crippen LogP contribution in [0.4, 0.5) is 0 Å². The van der Waals surface area contributed by atoms with Gasteiger partial charge in [-0.05, 0) is 0 Å². The van der Waals surface area contributed by atoms with Gasteiger partial charge in [-0.1, -0.05) is 0 Å². The van der Waals surface area contributed by atoms with E-state index in [2.05, 4.69) is 169 Å². The van der Waals surface area contributed by atoms with E-state index in [0.29, 0.717) is 5.92 Å². The number of fused-ring (bicyclic) bond motifs is 3. The van der Waals surface area contributed by atoms with Crippen molar-refractivity contribution in [3.05, 3.63) is 143 Å². The number of hydrogen-bond acceptors (Lipinski definition) is 0. The van der Waals surface area contributed by atoms with Crippen LogP contribution in [0.5, 0.6) is 0 Å². The maximum Gasteiger partial charge on any atom is -0.147 e. The average Bonchev–Trinajstić information content (AvgIpc) is 3.59. The molecule has 0 spiro atoms. The number of halogens is 4. The Hall–Kier alpha value is -1.86. The summed E-state index contributed by atoms with van der Waals surface area (Å²) in [5.74, 6) is 0.321. The number of hydrogen-bond donors (Lipinski definition) is 0. The molecule has 4 aromatic carbocycles. The van der Waals surface area contributed by atoms with Gasteiger partial charge in [0.05, 0.1) is 0 Å². The third-order valence-electron chi connectivity index (χ3n) is 10.8. The molecule has 0 aliphatic heterocycles. The molecule has 2 aliphatic rings. The van der Waals surface area contributed by atoms with Gasteiger partial charge in [0.2, 0.25) is 0 Å². The van der Waals surface area contributed by atoms with E-state index < -0.39 is 19.3 Å². The van der Waals surface area contributed by atoms with E-state index in [-0.39, 0.29) is 41.1 Å². The summed E-state index contributed by atoms with van der Waals surface area (Å²) in [6.45, 7) is 26.2. The van der Waals surface area contributed by atoms with E-state index in [0.717, 1.165) is 22.9 Å². The standard InChI is InChI=1S/C21H25.C12H19.2C7H5Cl.2ClH.Zr/c1-20(2,3)16-7-9-18-14(12-16)11-15-13-17(21(4,5)6)8-10-19(15)18;1-6-10-7-9(2)8-11(10)12(3,4)5;2*1-6-2-4-7(8)5-3-6;;;/h7-10,12H,11H2,1-6H3;8-9H,6H2,1-5H3;2*1-5H;2*1H;. The molecule has 276 valence electrons. The van der Waals surface area contributed by atoms with Gasteiger partial charge in [-0.2, -0.15) is 0 Å². The van der Waals surface area contributed by atoms with Crippen LogP contribution >= 0.6 is 48.0 Å². The van der Waals surface area contributed by atoms with Gasteiger partial charge in [0.1, 0.15) is 0 Å². The normalized spacial score (nSPS) is 15.4. The minimum Gasteiger partial charge on any atom is -0.147 e. The topological polar surface area (TPSA) is 0 Å². The largest absolute Gasteiger partial charge is 0.147 e. The van der Waals surface area contributed by atoms with E-state index in [9.17, 15) is 0 Å². The van der Waals surface area contributed by atoms with Crippen LogP contribution in [0, 0.1) is 11.3 Å². The molecule has 0 saturated carbocycles. The first-order chi connectivity index (χ1) is 23.3. The van der Waals surface area contributed by atoms with E-state index in [1.165, 1.54) is 50.1 Å². The smallest absolute Gasteiger partial charge is 0.147 e. The maximum atomic E-state index is 6.53. The fourth-order valence-corrected chi connectivity index (χ4v) is 22.7. The van der Waals surface area contributed by atoms with Crippen molar-refractivity contribution in [2.45, 2.75) is 99.8 Å². The van der Waals surface area contributed by atoms with Crippen LogP contribution in [-0.4, -0.2) is 7.42 Å². The van der Waals surface area contributed by atoms with Crippen molar-refractivity contribution in [1.82, 2.24) is 0 Å². The zero-order valence-electron chi connectivity index (χ0n) is 32.8. The summed E-state index contributed by atoms with van der Waals surface area (Å²) in [7, 11) is 0. The van der Waals surface area contributed by atoms with Crippen molar-refractivity contribution in [3.8, 4) is 11.1 Å². The molecule has 2 aliphatic carbocycles. The second-order valence-electron chi connectivity index (χ2n) is 17.7. The molecule has 0 amide bonds. The predicted octanol–water partition coefficient (Wildman–Crippen LogP) is 13.8. The molecule has 0 radical (unpaired) electrons. The van der Waals surface area contributed by atoms with Crippen LogP contribution in [0.25, 0.3) is 11.1 Å². The first-order valence-corrected chi connectivity index (χ1v) is 24.4. The second-order valence-corrected chi connectivity index (χ2v) is 26.8. The Labute approximate surface area is 340 Å². The third kappa shape index (κ3) is 8.21. The second kappa shape index (κ2) is 15.7. The van der Waals surface area contributed by atoms with Gasteiger partial charge in [0.15, 0.2) is 0 Å².